The van der Waals surface area contributed by atoms with Crippen molar-refractivity contribution in [1.29, 1.82) is 0 Å². The highest BCUT2D eigenvalue weighted by atomic mass is 16.4. The van der Waals surface area contributed by atoms with Gasteiger partial charge in [-0.25, -0.2) is 9.78 Å². The number of pyridine rings is 1. The van der Waals surface area contributed by atoms with Crippen LogP contribution in [-0.4, -0.2) is 26.7 Å². The van der Waals surface area contributed by atoms with Gasteiger partial charge in [0, 0.05) is 6.20 Å². The van der Waals surface area contributed by atoms with Crippen molar-refractivity contribution < 1.29 is 14.7 Å². The third-order valence-electron chi connectivity index (χ3n) is 2.24. The van der Waals surface area contributed by atoms with Crippen LogP contribution < -0.4 is 5.73 Å². The van der Waals surface area contributed by atoms with E-state index in [2.05, 4.69) is 4.98 Å². The number of nitrogen functional groups attached to an aromatic ring is 1. The topological polar surface area (TPSA) is 97.7 Å². The maximum Gasteiger partial charge on any atom is 0.356 e. The van der Waals surface area contributed by atoms with Crippen molar-refractivity contribution in [3.8, 4) is 0 Å². The molecule has 0 atom stereocenters. The van der Waals surface area contributed by atoms with Crippen LogP contribution in [0, 0.1) is 0 Å². The number of nitrogens with zero attached hydrogens (tertiary/aromatic N) is 2. The van der Waals surface area contributed by atoms with E-state index in [9.17, 15) is 9.59 Å². The van der Waals surface area contributed by atoms with Crippen LogP contribution in [0.15, 0.2) is 18.3 Å². The van der Waals surface area contributed by atoms with Gasteiger partial charge in [0.2, 0.25) is 0 Å². The van der Waals surface area contributed by atoms with Crippen molar-refractivity contribution in [2.24, 2.45) is 0 Å². The minimum Gasteiger partial charge on any atom is -0.476 e. The zero-order valence-corrected chi connectivity index (χ0v) is 8.25. The van der Waals surface area contributed by atoms with E-state index < -0.39 is 5.97 Å². The third-order valence-corrected chi connectivity index (χ3v) is 2.24. The molecule has 0 bridgehead atoms. The molecule has 0 amide bonds. The largest absolute Gasteiger partial charge is 0.476 e. The number of carbonyl (C=O) groups excluding carboxylic acids is 1. The summed E-state index contributed by atoms with van der Waals surface area (Å²) in [6.45, 7) is 0. The van der Waals surface area contributed by atoms with Crippen LogP contribution >= 0.6 is 0 Å². The fourth-order valence-electron chi connectivity index (χ4n) is 1.59. The molecule has 0 aliphatic carbocycles. The second-order valence-electron chi connectivity index (χ2n) is 3.23. The Balaban J connectivity index is 2.81. The molecule has 2 aromatic heterocycles. The normalized spacial score (nSPS) is 10.5. The Morgan fingerprint density at radius 2 is 2.38 bits per heavy atom. The molecule has 2 heterocycles. The van der Waals surface area contributed by atoms with E-state index in [0.29, 0.717) is 23.3 Å². The molecule has 16 heavy (non-hydrogen) atoms. The average molecular weight is 219 g/mol. The second kappa shape index (κ2) is 3.65. The zero-order valence-electron chi connectivity index (χ0n) is 8.25. The van der Waals surface area contributed by atoms with Crippen molar-refractivity contribution >= 4 is 23.5 Å². The summed E-state index contributed by atoms with van der Waals surface area (Å²) in [5.74, 6) is -0.790. The SMILES string of the molecule is Nc1cccn2c(CC=O)nc(C(=O)O)c12. The van der Waals surface area contributed by atoms with Gasteiger partial charge in [0.15, 0.2) is 5.69 Å². The molecule has 0 aliphatic heterocycles. The summed E-state index contributed by atoms with van der Waals surface area (Å²) in [6.07, 6.45) is 2.35. The highest BCUT2D eigenvalue weighted by Gasteiger charge is 2.17. The molecule has 82 valence electrons. The van der Waals surface area contributed by atoms with Gasteiger partial charge in [-0.15, -0.1) is 0 Å². The standard InChI is InChI=1S/C10H9N3O3/c11-6-2-1-4-13-7(3-5-14)12-8(9(6)13)10(15)16/h1-2,4-5H,3,11H2,(H,15,16). The predicted octanol–water partition coefficient (Wildman–Crippen LogP) is 0.356. The van der Waals surface area contributed by atoms with Crippen LogP contribution in [0.2, 0.25) is 0 Å². The third kappa shape index (κ3) is 1.40. The van der Waals surface area contributed by atoms with E-state index >= 15 is 0 Å². The number of hydrogen-bond donors (Lipinski definition) is 2. The molecule has 0 saturated carbocycles. The highest BCUT2D eigenvalue weighted by molar-refractivity contribution is 5.97. The van der Waals surface area contributed by atoms with Gasteiger partial charge in [-0.2, -0.15) is 0 Å². The molecular formula is C10H9N3O3. The Labute approximate surface area is 90.3 Å². The summed E-state index contributed by atoms with van der Waals surface area (Å²) >= 11 is 0. The molecule has 2 aromatic rings. The van der Waals surface area contributed by atoms with Crippen molar-refractivity contribution in [2.75, 3.05) is 5.73 Å². The minimum atomic E-state index is -1.16. The first-order valence-corrected chi connectivity index (χ1v) is 4.57. The number of imidazole rings is 1. The number of hydrogen-bond acceptors (Lipinski definition) is 4. The van der Waals surface area contributed by atoms with E-state index in [1.54, 1.807) is 18.3 Å². The number of carbonyl (C=O) groups is 2. The maximum atomic E-state index is 11.0. The summed E-state index contributed by atoms with van der Waals surface area (Å²) in [7, 11) is 0. The first kappa shape index (κ1) is 10.2. The van der Waals surface area contributed by atoms with Crippen LogP contribution in [0.25, 0.3) is 5.52 Å². The predicted molar refractivity (Wildman–Crippen MR) is 56.3 cm³/mol. The summed E-state index contributed by atoms with van der Waals surface area (Å²) in [5.41, 5.74) is 6.21. The first-order chi connectivity index (χ1) is 7.65. The molecule has 6 heteroatoms. The van der Waals surface area contributed by atoms with Crippen LogP contribution in [0.3, 0.4) is 0 Å². The maximum absolute atomic E-state index is 11.0. The molecule has 0 saturated heterocycles. The van der Waals surface area contributed by atoms with E-state index in [4.69, 9.17) is 10.8 Å². The smallest absolute Gasteiger partial charge is 0.356 e. The number of aromatic nitrogens is 2. The highest BCUT2D eigenvalue weighted by Crippen LogP contribution is 2.19. The van der Waals surface area contributed by atoms with Gasteiger partial charge in [0.05, 0.1) is 12.1 Å². The fraction of sp³-hybridized carbons (Fsp3) is 0.100. The van der Waals surface area contributed by atoms with Crippen molar-refractivity contribution in [1.82, 2.24) is 9.38 Å². The Hall–Kier alpha value is -2.37. The van der Waals surface area contributed by atoms with Gasteiger partial charge < -0.3 is 20.0 Å². The number of fused-ring (bicyclic) bond motifs is 1. The summed E-state index contributed by atoms with van der Waals surface area (Å²) in [5, 5.41) is 8.97. The summed E-state index contributed by atoms with van der Waals surface area (Å²) < 4.78 is 1.52. The lowest BCUT2D eigenvalue weighted by Gasteiger charge is -1.99. The van der Waals surface area contributed by atoms with Crippen LogP contribution in [0.5, 0.6) is 0 Å². The van der Waals surface area contributed by atoms with E-state index in [-0.39, 0.29) is 12.1 Å². The number of anilines is 1. The first-order valence-electron chi connectivity index (χ1n) is 4.57. The molecule has 3 N–H and O–H groups in total. The number of aldehydes is 1. The van der Waals surface area contributed by atoms with Crippen molar-refractivity contribution in [3.05, 3.63) is 29.8 Å². The van der Waals surface area contributed by atoms with Gasteiger partial charge in [-0.1, -0.05) is 0 Å². The number of rotatable bonds is 3. The van der Waals surface area contributed by atoms with E-state index in [0.717, 1.165) is 0 Å². The zero-order chi connectivity index (χ0) is 11.7. The van der Waals surface area contributed by atoms with Gasteiger partial charge in [0.1, 0.15) is 17.6 Å². The van der Waals surface area contributed by atoms with Gasteiger partial charge in [-0.3, -0.25) is 0 Å². The second-order valence-corrected chi connectivity index (χ2v) is 3.23. The van der Waals surface area contributed by atoms with E-state index in [1.807, 2.05) is 0 Å². The molecule has 6 nitrogen and oxygen atoms in total. The molecule has 0 fully saturated rings. The van der Waals surface area contributed by atoms with Crippen molar-refractivity contribution in [2.45, 2.75) is 6.42 Å². The lowest BCUT2D eigenvalue weighted by molar-refractivity contribution is -0.107. The minimum absolute atomic E-state index is 0.0535. The van der Waals surface area contributed by atoms with Crippen LogP contribution in [0.1, 0.15) is 16.3 Å². The van der Waals surface area contributed by atoms with Gasteiger partial charge >= 0.3 is 5.97 Å². The average Bonchev–Trinajstić information content (AvgIpc) is 2.60. The molecule has 0 aromatic carbocycles. The Morgan fingerprint density at radius 1 is 1.62 bits per heavy atom. The van der Waals surface area contributed by atoms with Crippen LogP contribution in [-0.2, 0) is 11.2 Å². The molecule has 0 unspecified atom stereocenters. The lowest BCUT2D eigenvalue weighted by atomic mass is 10.3. The van der Waals surface area contributed by atoms with Gasteiger partial charge in [-0.05, 0) is 12.1 Å². The summed E-state index contributed by atoms with van der Waals surface area (Å²) in [6, 6.07) is 3.26. The summed E-state index contributed by atoms with van der Waals surface area (Å²) in [4.78, 5) is 25.3. The van der Waals surface area contributed by atoms with Gasteiger partial charge in [0.25, 0.3) is 0 Å². The monoisotopic (exact) mass is 219 g/mol. The molecule has 0 radical (unpaired) electrons. The Morgan fingerprint density at radius 3 is 3.00 bits per heavy atom. The number of carboxylic acids is 1. The number of aromatic carboxylic acids is 1. The quantitative estimate of drug-likeness (QED) is 0.726. The molecular weight excluding hydrogens is 210 g/mol. The Kier molecular flexibility index (Phi) is 2.32. The number of carboxylic acid groups (broad SMARTS) is 1. The molecule has 0 spiro atoms. The van der Waals surface area contributed by atoms with Crippen LogP contribution in [0.4, 0.5) is 5.69 Å². The molecule has 2 rings (SSSR count). The van der Waals surface area contributed by atoms with Crippen molar-refractivity contribution in [3.63, 3.8) is 0 Å². The number of nitrogens with two attached hydrogens (primary N) is 1. The fourth-order valence-corrected chi connectivity index (χ4v) is 1.59. The lowest BCUT2D eigenvalue weighted by Crippen LogP contribution is -2.00. The Bertz CT molecular complexity index is 574. The molecule has 0 aliphatic rings. The van der Waals surface area contributed by atoms with E-state index in [1.165, 1.54) is 4.40 Å².